The second-order valence-corrected chi connectivity index (χ2v) is 4.71. The molecule has 0 amide bonds. The molecule has 1 atom stereocenters. The van der Waals surface area contributed by atoms with Crippen molar-refractivity contribution < 1.29 is 4.74 Å². The van der Waals surface area contributed by atoms with E-state index in [1.54, 1.807) is 7.11 Å². The lowest BCUT2D eigenvalue weighted by Gasteiger charge is -2.37. The number of methoxy groups -OCH3 is 1. The van der Waals surface area contributed by atoms with Crippen molar-refractivity contribution in [1.82, 2.24) is 10.3 Å². The molecule has 2 heterocycles. The number of nitrogens with zero attached hydrogens (tertiary/aromatic N) is 2. The first-order valence-electron chi connectivity index (χ1n) is 6.82. The van der Waals surface area contributed by atoms with Gasteiger partial charge in [-0.25, -0.2) is 4.98 Å². The second-order valence-electron chi connectivity index (χ2n) is 4.71. The van der Waals surface area contributed by atoms with Crippen molar-refractivity contribution in [3.63, 3.8) is 0 Å². The quantitative estimate of drug-likeness (QED) is 0.866. The molecule has 0 saturated carbocycles. The van der Waals surface area contributed by atoms with Crippen molar-refractivity contribution in [2.45, 2.75) is 32.2 Å². The van der Waals surface area contributed by atoms with Gasteiger partial charge < -0.3 is 15.0 Å². The number of ether oxygens (including phenoxy) is 1. The van der Waals surface area contributed by atoms with Crippen molar-refractivity contribution >= 4 is 5.69 Å². The van der Waals surface area contributed by atoms with Crippen LogP contribution in [0.25, 0.3) is 0 Å². The summed E-state index contributed by atoms with van der Waals surface area (Å²) in [5.74, 6) is 0.695. The van der Waals surface area contributed by atoms with Crippen molar-refractivity contribution in [2.24, 2.45) is 0 Å². The number of piperidine rings is 1. The standard InChI is InChI=1S/C14H23N3O/c1-3-15-11-13-6-4-5-9-17(13)12-7-8-16-14(10-12)18-2/h7-8,10,13,15H,3-6,9,11H2,1-2H3. The normalized spacial score (nSPS) is 19.9. The average Bonchev–Trinajstić information content (AvgIpc) is 2.45. The molecule has 0 spiro atoms. The number of hydrogen-bond acceptors (Lipinski definition) is 4. The Labute approximate surface area is 109 Å². The molecule has 1 aromatic rings. The maximum atomic E-state index is 5.21. The van der Waals surface area contributed by atoms with E-state index in [9.17, 15) is 0 Å². The molecule has 0 radical (unpaired) electrons. The predicted octanol–water partition coefficient (Wildman–Crippen LogP) is 2.06. The Morgan fingerprint density at radius 1 is 1.50 bits per heavy atom. The predicted molar refractivity (Wildman–Crippen MR) is 74.3 cm³/mol. The van der Waals surface area contributed by atoms with Crippen LogP contribution in [0.4, 0.5) is 5.69 Å². The number of rotatable bonds is 5. The third-order valence-corrected chi connectivity index (χ3v) is 3.52. The monoisotopic (exact) mass is 249 g/mol. The molecule has 0 aromatic carbocycles. The topological polar surface area (TPSA) is 37.4 Å². The van der Waals surface area contributed by atoms with Gasteiger partial charge in [-0.15, -0.1) is 0 Å². The van der Waals surface area contributed by atoms with Crippen LogP contribution in [0.2, 0.25) is 0 Å². The second kappa shape index (κ2) is 6.59. The Bertz CT molecular complexity index is 370. The fourth-order valence-electron chi connectivity index (χ4n) is 2.55. The molecule has 0 aliphatic carbocycles. The smallest absolute Gasteiger partial charge is 0.214 e. The Kier molecular flexibility index (Phi) is 4.81. The van der Waals surface area contributed by atoms with E-state index in [-0.39, 0.29) is 0 Å². The van der Waals surface area contributed by atoms with Crippen LogP contribution in [0.1, 0.15) is 26.2 Å². The van der Waals surface area contributed by atoms with Crippen LogP contribution in [0, 0.1) is 0 Å². The van der Waals surface area contributed by atoms with Crippen molar-refractivity contribution in [3.05, 3.63) is 18.3 Å². The number of pyridine rings is 1. The minimum Gasteiger partial charge on any atom is -0.481 e. The molecule has 1 saturated heterocycles. The molecular weight excluding hydrogens is 226 g/mol. The summed E-state index contributed by atoms with van der Waals surface area (Å²) < 4.78 is 5.21. The van der Waals surface area contributed by atoms with E-state index in [0.717, 1.165) is 19.6 Å². The molecule has 2 rings (SSSR count). The summed E-state index contributed by atoms with van der Waals surface area (Å²) in [7, 11) is 1.67. The van der Waals surface area contributed by atoms with Gasteiger partial charge in [0.1, 0.15) is 0 Å². The van der Waals surface area contributed by atoms with Crippen molar-refractivity contribution in [2.75, 3.05) is 31.6 Å². The Morgan fingerprint density at radius 3 is 3.17 bits per heavy atom. The summed E-state index contributed by atoms with van der Waals surface area (Å²) in [4.78, 5) is 6.66. The highest BCUT2D eigenvalue weighted by Crippen LogP contribution is 2.26. The highest BCUT2D eigenvalue weighted by atomic mass is 16.5. The molecule has 1 aliphatic heterocycles. The van der Waals surface area contributed by atoms with E-state index < -0.39 is 0 Å². The molecule has 1 aromatic heterocycles. The molecule has 0 bridgehead atoms. The third kappa shape index (κ3) is 3.13. The van der Waals surface area contributed by atoms with Crippen LogP contribution in [0.5, 0.6) is 5.88 Å². The Balaban J connectivity index is 2.11. The van der Waals surface area contributed by atoms with Crippen LogP contribution in [-0.2, 0) is 0 Å². The summed E-state index contributed by atoms with van der Waals surface area (Å²) in [6.45, 7) is 5.37. The zero-order chi connectivity index (χ0) is 12.8. The molecule has 1 N–H and O–H groups in total. The number of nitrogens with one attached hydrogen (secondary N) is 1. The van der Waals surface area contributed by atoms with Gasteiger partial charge in [0.05, 0.1) is 7.11 Å². The zero-order valence-corrected chi connectivity index (χ0v) is 11.4. The minimum atomic E-state index is 0.589. The van der Waals surface area contributed by atoms with Crippen molar-refractivity contribution in [3.8, 4) is 5.88 Å². The minimum absolute atomic E-state index is 0.589. The lowest BCUT2D eigenvalue weighted by atomic mass is 10.0. The lowest BCUT2D eigenvalue weighted by Crippen LogP contribution is -2.45. The fourth-order valence-corrected chi connectivity index (χ4v) is 2.55. The van der Waals surface area contributed by atoms with Gasteiger partial charge >= 0.3 is 0 Å². The van der Waals surface area contributed by atoms with Crippen LogP contribution < -0.4 is 15.0 Å². The molecule has 1 aliphatic rings. The van der Waals surface area contributed by atoms with Gasteiger partial charge in [-0.2, -0.15) is 0 Å². The molecular formula is C14H23N3O. The maximum Gasteiger partial charge on any atom is 0.214 e. The molecule has 100 valence electrons. The average molecular weight is 249 g/mol. The number of hydrogen-bond donors (Lipinski definition) is 1. The van der Waals surface area contributed by atoms with E-state index >= 15 is 0 Å². The first kappa shape index (κ1) is 13.1. The van der Waals surface area contributed by atoms with Gasteiger partial charge in [0.15, 0.2) is 0 Å². The largest absolute Gasteiger partial charge is 0.481 e. The third-order valence-electron chi connectivity index (χ3n) is 3.52. The summed E-state index contributed by atoms with van der Waals surface area (Å²) in [5.41, 5.74) is 1.23. The van der Waals surface area contributed by atoms with Crippen LogP contribution in [0.3, 0.4) is 0 Å². The van der Waals surface area contributed by atoms with E-state index in [4.69, 9.17) is 4.74 Å². The van der Waals surface area contributed by atoms with Crippen LogP contribution >= 0.6 is 0 Å². The first-order valence-corrected chi connectivity index (χ1v) is 6.82. The van der Waals surface area contributed by atoms with Crippen LogP contribution in [-0.4, -0.2) is 37.8 Å². The Morgan fingerprint density at radius 2 is 2.39 bits per heavy atom. The number of aromatic nitrogens is 1. The van der Waals surface area contributed by atoms with Gasteiger partial charge in [0, 0.05) is 37.1 Å². The SMILES string of the molecule is CCNCC1CCCCN1c1ccnc(OC)c1. The maximum absolute atomic E-state index is 5.21. The first-order chi connectivity index (χ1) is 8.85. The summed E-state index contributed by atoms with van der Waals surface area (Å²) in [6.07, 6.45) is 5.69. The highest BCUT2D eigenvalue weighted by molar-refractivity contribution is 5.49. The van der Waals surface area contributed by atoms with E-state index in [0.29, 0.717) is 11.9 Å². The molecule has 1 unspecified atom stereocenters. The van der Waals surface area contributed by atoms with E-state index in [1.165, 1.54) is 24.9 Å². The fraction of sp³-hybridized carbons (Fsp3) is 0.643. The summed E-state index contributed by atoms with van der Waals surface area (Å²) in [6, 6.07) is 4.70. The molecule has 1 fully saturated rings. The molecule has 4 nitrogen and oxygen atoms in total. The number of likely N-dealkylation sites (N-methyl/N-ethyl adjacent to an activating group) is 1. The van der Waals surface area contributed by atoms with Crippen molar-refractivity contribution in [1.29, 1.82) is 0 Å². The van der Waals surface area contributed by atoms with Gasteiger partial charge in [-0.3, -0.25) is 0 Å². The van der Waals surface area contributed by atoms with E-state index in [2.05, 4.69) is 28.2 Å². The van der Waals surface area contributed by atoms with Gasteiger partial charge in [-0.1, -0.05) is 6.92 Å². The summed E-state index contributed by atoms with van der Waals surface area (Å²) >= 11 is 0. The van der Waals surface area contributed by atoms with Gasteiger partial charge in [0.25, 0.3) is 0 Å². The zero-order valence-electron chi connectivity index (χ0n) is 11.4. The lowest BCUT2D eigenvalue weighted by molar-refractivity contribution is 0.396. The Hall–Kier alpha value is -1.29. The van der Waals surface area contributed by atoms with Crippen LogP contribution in [0.15, 0.2) is 18.3 Å². The van der Waals surface area contributed by atoms with Gasteiger partial charge in [0.2, 0.25) is 5.88 Å². The summed E-state index contributed by atoms with van der Waals surface area (Å²) in [5, 5.41) is 3.46. The number of anilines is 1. The van der Waals surface area contributed by atoms with E-state index in [1.807, 2.05) is 12.3 Å². The molecule has 18 heavy (non-hydrogen) atoms. The molecule has 4 heteroatoms. The van der Waals surface area contributed by atoms with Gasteiger partial charge in [-0.05, 0) is 31.9 Å². The highest BCUT2D eigenvalue weighted by Gasteiger charge is 2.22.